The fourth-order valence-electron chi connectivity index (χ4n) is 1.49. The van der Waals surface area contributed by atoms with Crippen LogP contribution in [-0.4, -0.2) is 18.2 Å². The van der Waals surface area contributed by atoms with E-state index < -0.39 is 11.7 Å². The highest BCUT2D eigenvalue weighted by Crippen LogP contribution is 2.11. The van der Waals surface area contributed by atoms with Crippen LogP contribution in [0.4, 0.5) is 4.79 Å². The van der Waals surface area contributed by atoms with E-state index >= 15 is 0 Å². The van der Waals surface area contributed by atoms with E-state index in [0.29, 0.717) is 6.54 Å². The van der Waals surface area contributed by atoms with Crippen molar-refractivity contribution in [3.63, 3.8) is 0 Å². The summed E-state index contributed by atoms with van der Waals surface area (Å²) in [6.07, 6.45) is 5.23. The number of amides is 1. The van der Waals surface area contributed by atoms with Crippen LogP contribution in [0.3, 0.4) is 0 Å². The van der Waals surface area contributed by atoms with Gasteiger partial charge in [-0.1, -0.05) is 49.1 Å². The van der Waals surface area contributed by atoms with Gasteiger partial charge in [0.25, 0.3) is 0 Å². The molecule has 0 bridgehead atoms. The van der Waals surface area contributed by atoms with Crippen LogP contribution in [0.1, 0.15) is 31.9 Å². The van der Waals surface area contributed by atoms with Gasteiger partial charge in [0, 0.05) is 6.54 Å². The Kier molecular flexibility index (Phi) is 5.37. The molecule has 19 heavy (non-hydrogen) atoms. The van der Waals surface area contributed by atoms with E-state index in [4.69, 9.17) is 4.74 Å². The van der Waals surface area contributed by atoms with Gasteiger partial charge in [0.1, 0.15) is 5.60 Å². The molecule has 0 aliphatic rings. The van der Waals surface area contributed by atoms with Crippen molar-refractivity contribution in [3.8, 4) is 0 Å². The average Bonchev–Trinajstić information content (AvgIpc) is 2.33. The molecule has 0 aliphatic carbocycles. The van der Waals surface area contributed by atoms with Crippen molar-refractivity contribution in [2.75, 3.05) is 6.54 Å². The third-order valence-corrected chi connectivity index (χ3v) is 2.28. The quantitative estimate of drug-likeness (QED) is 0.891. The fraction of sp³-hybridized carbons (Fsp3) is 0.312. The molecule has 0 atom stereocenters. The molecule has 0 aromatic heterocycles. The molecule has 1 aromatic carbocycles. The van der Waals surface area contributed by atoms with Crippen LogP contribution in [0.15, 0.2) is 36.9 Å². The summed E-state index contributed by atoms with van der Waals surface area (Å²) in [6.45, 7) is 9.70. The number of hydrogen-bond acceptors (Lipinski definition) is 2. The first-order valence-corrected chi connectivity index (χ1v) is 6.27. The maximum Gasteiger partial charge on any atom is 0.407 e. The smallest absolute Gasteiger partial charge is 0.407 e. The van der Waals surface area contributed by atoms with E-state index in [1.54, 1.807) is 6.08 Å². The molecule has 1 N–H and O–H groups in total. The lowest BCUT2D eigenvalue weighted by Crippen LogP contribution is -2.32. The molecule has 0 unspecified atom stereocenters. The molecule has 1 aromatic rings. The van der Waals surface area contributed by atoms with Gasteiger partial charge in [0.2, 0.25) is 0 Å². The molecule has 3 heteroatoms. The van der Waals surface area contributed by atoms with Crippen LogP contribution in [0.25, 0.3) is 12.2 Å². The van der Waals surface area contributed by atoms with Crippen molar-refractivity contribution in [3.05, 3.63) is 48.0 Å². The second-order valence-electron chi connectivity index (χ2n) is 5.12. The summed E-state index contributed by atoms with van der Waals surface area (Å²) in [6, 6.07) is 7.93. The van der Waals surface area contributed by atoms with Crippen LogP contribution in [0.5, 0.6) is 0 Å². The first-order chi connectivity index (χ1) is 8.92. The Morgan fingerprint density at radius 2 is 1.95 bits per heavy atom. The lowest BCUT2D eigenvalue weighted by Gasteiger charge is -2.19. The van der Waals surface area contributed by atoms with E-state index in [-0.39, 0.29) is 0 Å². The van der Waals surface area contributed by atoms with Gasteiger partial charge in [-0.2, -0.15) is 0 Å². The van der Waals surface area contributed by atoms with Crippen molar-refractivity contribution in [1.82, 2.24) is 5.32 Å². The third kappa shape index (κ3) is 5.91. The zero-order chi connectivity index (χ0) is 14.3. The van der Waals surface area contributed by atoms with Crippen molar-refractivity contribution in [1.29, 1.82) is 0 Å². The lowest BCUT2D eigenvalue weighted by molar-refractivity contribution is 0.0534. The average molecular weight is 259 g/mol. The van der Waals surface area contributed by atoms with Gasteiger partial charge in [0.05, 0.1) is 0 Å². The van der Waals surface area contributed by atoms with Crippen LogP contribution in [-0.2, 0) is 4.74 Å². The number of rotatable bonds is 4. The Bertz CT molecular complexity index is 470. The van der Waals surface area contributed by atoms with Crippen LogP contribution < -0.4 is 5.32 Å². The number of ether oxygens (including phenoxy) is 1. The first-order valence-electron chi connectivity index (χ1n) is 6.27. The van der Waals surface area contributed by atoms with Crippen molar-refractivity contribution < 1.29 is 9.53 Å². The van der Waals surface area contributed by atoms with Crippen molar-refractivity contribution in [2.45, 2.75) is 26.4 Å². The second-order valence-corrected chi connectivity index (χ2v) is 5.12. The Balaban J connectivity index is 2.47. The van der Waals surface area contributed by atoms with Gasteiger partial charge in [-0.15, -0.1) is 0 Å². The first kappa shape index (κ1) is 15.0. The van der Waals surface area contributed by atoms with Gasteiger partial charge in [0.15, 0.2) is 0 Å². The van der Waals surface area contributed by atoms with E-state index in [0.717, 1.165) is 11.1 Å². The summed E-state index contributed by atoms with van der Waals surface area (Å²) in [5.41, 5.74) is 1.67. The van der Waals surface area contributed by atoms with Gasteiger partial charge in [-0.05, 0) is 31.9 Å². The Labute approximate surface area is 115 Å². The lowest BCUT2D eigenvalue weighted by atomic mass is 10.1. The Hall–Kier alpha value is -2.03. The SMILES string of the molecule is C=Cc1ccccc1C=CCNC(=O)OC(C)(C)C. The maximum absolute atomic E-state index is 11.4. The Morgan fingerprint density at radius 3 is 2.53 bits per heavy atom. The predicted molar refractivity (Wildman–Crippen MR) is 79.8 cm³/mol. The van der Waals surface area contributed by atoms with Crippen molar-refractivity contribution in [2.24, 2.45) is 0 Å². The zero-order valence-corrected chi connectivity index (χ0v) is 11.8. The molecule has 1 rings (SSSR count). The number of carbonyl (C=O) groups excluding carboxylic acids is 1. The highest BCUT2D eigenvalue weighted by atomic mass is 16.6. The molecular weight excluding hydrogens is 238 g/mol. The minimum atomic E-state index is -0.469. The minimum Gasteiger partial charge on any atom is -0.444 e. The zero-order valence-electron chi connectivity index (χ0n) is 11.8. The summed E-state index contributed by atoms with van der Waals surface area (Å²) in [4.78, 5) is 11.4. The fourth-order valence-corrected chi connectivity index (χ4v) is 1.49. The molecule has 0 saturated carbocycles. The number of hydrogen-bond donors (Lipinski definition) is 1. The summed E-state index contributed by atoms with van der Waals surface area (Å²) in [7, 11) is 0. The summed E-state index contributed by atoms with van der Waals surface area (Å²) in [5, 5.41) is 2.67. The standard InChI is InChI=1S/C16H21NO2/c1-5-13-9-6-7-10-14(13)11-8-12-17-15(18)19-16(2,3)4/h5-11H,1,12H2,2-4H3,(H,17,18). The van der Waals surface area contributed by atoms with E-state index in [1.165, 1.54) is 0 Å². The maximum atomic E-state index is 11.4. The van der Waals surface area contributed by atoms with Crippen LogP contribution >= 0.6 is 0 Å². The molecule has 0 aliphatic heterocycles. The highest BCUT2D eigenvalue weighted by Gasteiger charge is 2.14. The van der Waals surface area contributed by atoms with Crippen LogP contribution in [0.2, 0.25) is 0 Å². The van der Waals surface area contributed by atoms with E-state index in [9.17, 15) is 4.79 Å². The normalized spacial score (nSPS) is 11.3. The molecule has 0 heterocycles. The molecule has 0 radical (unpaired) electrons. The van der Waals surface area contributed by atoms with Crippen molar-refractivity contribution >= 4 is 18.2 Å². The number of nitrogens with one attached hydrogen (secondary N) is 1. The number of benzene rings is 1. The highest BCUT2D eigenvalue weighted by molar-refractivity contribution is 5.68. The second kappa shape index (κ2) is 6.78. The van der Waals surface area contributed by atoms with E-state index in [2.05, 4.69) is 11.9 Å². The molecule has 0 spiro atoms. The van der Waals surface area contributed by atoms with Gasteiger partial charge in [-0.25, -0.2) is 4.79 Å². The van der Waals surface area contributed by atoms with E-state index in [1.807, 2.05) is 57.2 Å². The van der Waals surface area contributed by atoms with Gasteiger partial charge >= 0.3 is 6.09 Å². The van der Waals surface area contributed by atoms with Crippen LogP contribution in [0, 0.1) is 0 Å². The third-order valence-electron chi connectivity index (χ3n) is 2.28. The summed E-state index contributed by atoms with van der Waals surface area (Å²) < 4.78 is 5.13. The molecule has 3 nitrogen and oxygen atoms in total. The number of alkyl carbamates (subject to hydrolysis) is 1. The predicted octanol–water partition coefficient (Wildman–Crippen LogP) is 3.87. The Morgan fingerprint density at radius 1 is 1.32 bits per heavy atom. The van der Waals surface area contributed by atoms with Gasteiger partial charge in [-0.3, -0.25) is 0 Å². The monoisotopic (exact) mass is 259 g/mol. The minimum absolute atomic E-state index is 0.408. The molecule has 102 valence electrons. The van der Waals surface area contributed by atoms with Gasteiger partial charge < -0.3 is 10.1 Å². The molecular formula is C16H21NO2. The number of carbonyl (C=O) groups is 1. The molecule has 0 saturated heterocycles. The molecule has 0 fully saturated rings. The summed E-state index contributed by atoms with van der Waals surface area (Å²) in [5.74, 6) is 0. The molecule has 1 amide bonds. The topological polar surface area (TPSA) is 38.3 Å². The summed E-state index contributed by atoms with van der Waals surface area (Å²) >= 11 is 0. The largest absolute Gasteiger partial charge is 0.444 e.